The van der Waals surface area contributed by atoms with Crippen LogP contribution in [0.15, 0.2) is 47.1 Å². The molecular formula is C22H24N4O4. The van der Waals surface area contributed by atoms with Gasteiger partial charge in [0.25, 0.3) is 0 Å². The Kier molecular flexibility index (Phi) is 5.92. The molecule has 1 amide bonds. The molecule has 156 valence electrons. The van der Waals surface area contributed by atoms with Gasteiger partial charge in [-0.05, 0) is 42.7 Å². The molecule has 1 aromatic carbocycles. The predicted octanol–water partition coefficient (Wildman–Crippen LogP) is 3.45. The number of nitrogens with zero attached hydrogens (tertiary/aromatic N) is 4. The highest BCUT2D eigenvalue weighted by Gasteiger charge is 2.30. The van der Waals surface area contributed by atoms with Gasteiger partial charge in [-0.15, -0.1) is 0 Å². The van der Waals surface area contributed by atoms with E-state index in [2.05, 4.69) is 15.1 Å². The fraction of sp³-hybridized carbons (Fsp3) is 0.364. The zero-order chi connectivity index (χ0) is 20.9. The van der Waals surface area contributed by atoms with Crippen LogP contribution in [-0.2, 0) is 11.2 Å². The number of likely N-dealkylation sites (tertiary alicyclic amines) is 1. The molecule has 3 aromatic rings. The third-order valence-electron chi connectivity index (χ3n) is 5.28. The SMILES string of the molecule is COc1ccc(C2CCCN2C(=O)CCc2nc(-c3ccccn3)no2)cc1OC. The van der Waals surface area contributed by atoms with Crippen molar-refractivity contribution in [2.24, 2.45) is 0 Å². The van der Waals surface area contributed by atoms with Crippen molar-refractivity contribution in [3.05, 3.63) is 54.0 Å². The van der Waals surface area contributed by atoms with Gasteiger partial charge in [-0.3, -0.25) is 9.78 Å². The molecule has 1 aliphatic heterocycles. The molecule has 1 unspecified atom stereocenters. The van der Waals surface area contributed by atoms with Crippen LogP contribution in [0.5, 0.6) is 11.5 Å². The Hall–Kier alpha value is -3.42. The number of carbonyl (C=O) groups is 1. The van der Waals surface area contributed by atoms with Crippen LogP contribution in [0.25, 0.3) is 11.5 Å². The standard InChI is InChI=1S/C22H24N4O4/c1-28-18-9-8-15(14-19(18)29-2)17-7-5-13-26(17)21(27)11-10-20-24-22(25-30-20)16-6-3-4-12-23-16/h3-4,6,8-9,12,14,17H,5,7,10-11,13H2,1-2H3. The maximum atomic E-state index is 12.9. The zero-order valence-electron chi connectivity index (χ0n) is 17.1. The predicted molar refractivity (Wildman–Crippen MR) is 109 cm³/mol. The molecule has 0 radical (unpaired) electrons. The summed E-state index contributed by atoms with van der Waals surface area (Å²) in [4.78, 5) is 23.4. The van der Waals surface area contributed by atoms with Crippen LogP contribution in [-0.4, -0.2) is 46.7 Å². The average molecular weight is 408 g/mol. The van der Waals surface area contributed by atoms with Gasteiger partial charge in [0, 0.05) is 25.6 Å². The largest absolute Gasteiger partial charge is 0.493 e. The Bertz CT molecular complexity index is 1010. The number of amides is 1. The molecule has 0 spiro atoms. The topological polar surface area (TPSA) is 90.6 Å². The number of aromatic nitrogens is 3. The number of hydrogen-bond acceptors (Lipinski definition) is 7. The summed E-state index contributed by atoms with van der Waals surface area (Å²) >= 11 is 0. The van der Waals surface area contributed by atoms with Crippen LogP contribution in [0, 0.1) is 0 Å². The van der Waals surface area contributed by atoms with Crippen molar-refractivity contribution >= 4 is 5.91 Å². The lowest BCUT2D eigenvalue weighted by molar-refractivity contribution is -0.132. The van der Waals surface area contributed by atoms with Crippen LogP contribution >= 0.6 is 0 Å². The summed E-state index contributed by atoms with van der Waals surface area (Å²) in [6.07, 6.45) is 4.28. The second-order valence-corrected chi connectivity index (χ2v) is 7.09. The molecule has 1 fully saturated rings. The van der Waals surface area contributed by atoms with Crippen molar-refractivity contribution in [1.82, 2.24) is 20.0 Å². The minimum absolute atomic E-state index is 0.0315. The van der Waals surface area contributed by atoms with E-state index in [1.54, 1.807) is 20.4 Å². The van der Waals surface area contributed by atoms with Crippen LogP contribution in [0.3, 0.4) is 0 Å². The van der Waals surface area contributed by atoms with Crippen molar-refractivity contribution in [3.63, 3.8) is 0 Å². The van der Waals surface area contributed by atoms with Crippen molar-refractivity contribution in [3.8, 4) is 23.0 Å². The fourth-order valence-corrected chi connectivity index (χ4v) is 3.78. The summed E-state index contributed by atoms with van der Waals surface area (Å²) in [5.74, 6) is 2.29. The van der Waals surface area contributed by atoms with Crippen molar-refractivity contribution in [2.75, 3.05) is 20.8 Å². The lowest BCUT2D eigenvalue weighted by atomic mass is 10.0. The first-order valence-corrected chi connectivity index (χ1v) is 9.95. The van der Waals surface area contributed by atoms with E-state index in [0.29, 0.717) is 41.7 Å². The van der Waals surface area contributed by atoms with Gasteiger partial charge >= 0.3 is 0 Å². The van der Waals surface area contributed by atoms with Crippen molar-refractivity contribution < 1.29 is 18.8 Å². The van der Waals surface area contributed by atoms with Gasteiger partial charge in [0.2, 0.25) is 17.6 Å². The molecule has 8 nitrogen and oxygen atoms in total. The molecule has 1 saturated heterocycles. The number of rotatable bonds is 7. The van der Waals surface area contributed by atoms with E-state index in [9.17, 15) is 4.79 Å². The third-order valence-corrected chi connectivity index (χ3v) is 5.28. The first kappa shape index (κ1) is 19.9. The molecular weight excluding hydrogens is 384 g/mol. The summed E-state index contributed by atoms with van der Waals surface area (Å²) in [6.45, 7) is 0.737. The lowest BCUT2D eigenvalue weighted by Gasteiger charge is -2.25. The van der Waals surface area contributed by atoms with Crippen LogP contribution in [0.1, 0.15) is 36.8 Å². The fourth-order valence-electron chi connectivity index (χ4n) is 3.78. The second-order valence-electron chi connectivity index (χ2n) is 7.09. The number of pyridine rings is 1. The van der Waals surface area contributed by atoms with Gasteiger partial charge in [0.05, 0.1) is 20.3 Å². The van der Waals surface area contributed by atoms with Gasteiger partial charge in [-0.25, -0.2) is 0 Å². The van der Waals surface area contributed by atoms with Gasteiger partial charge in [0.1, 0.15) is 5.69 Å². The lowest BCUT2D eigenvalue weighted by Crippen LogP contribution is -2.30. The van der Waals surface area contributed by atoms with Gasteiger partial charge in [-0.1, -0.05) is 17.3 Å². The number of benzene rings is 1. The summed E-state index contributed by atoms with van der Waals surface area (Å²) in [5, 5.41) is 3.96. The monoisotopic (exact) mass is 408 g/mol. The Balaban J connectivity index is 1.41. The number of ether oxygens (including phenoxy) is 2. The zero-order valence-corrected chi connectivity index (χ0v) is 17.1. The highest BCUT2D eigenvalue weighted by Crippen LogP contribution is 2.37. The Morgan fingerprint density at radius 1 is 1.20 bits per heavy atom. The van der Waals surface area contributed by atoms with Crippen LogP contribution in [0.2, 0.25) is 0 Å². The van der Waals surface area contributed by atoms with Gasteiger partial charge in [-0.2, -0.15) is 4.98 Å². The molecule has 0 aliphatic carbocycles. The minimum Gasteiger partial charge on any atom is -0.493 e. The van der Waals surface area contributed by atoms with Crippen LogP contribution in [0.4, 0.5) is 0 Å². The second kappa shape index (κ2) is 8.94. The number of carbonyl (C=O) groups excluding carboxylic acids is 1. The summed E-state index contributed by atoms with van der Waals surface area (Å²) in [5.41, 5.74) is 1.70. The summed E-state index contributed by atoms with van der Waals surface area (Å²) in [7, 11) is 3.22. The maximum absolute atomic E-state index is 12.9. The molecule has 30 heavy (non-hydrogen) atoms. The normalized spacial score (nSPS) is 15.9. The molecule has 4 rings (SSSR count). The molecule has 1 atom stereocenters. The molecule has 2 aromatic heterocycles. The summed E-state index contributed by atoms with van der Waals surface area (Å²) in [6, 6.07) is 11.4. The van der Waals surface area contributed by atoms with Crippen LogP contribution < -0.4 is 9.47 Å². The Morgan fingerprint density at radius 2 is 2.07 bits per heavy atom. The summed E-state index contributed by atoms with van der Waals surface area (Å²) < 4.78 is 16.0. The molecule has 0 saturated carbocycles. The van der Waals surface area contributed by atoms with Crippen molar-refractivity contribution in [2.45, 2.75) is 31.7 Å². The number of aryl methyl sites for hydroxylation is 1. The maximum Gasteiger partial charge on any atom is 0.227 e. The van der Waals surface area contributed by atoms with E-state index in [-0.39, 0.29) is 11.9 Å². The molecule has 1 aliphatic rings. The van der Waals surface area contributed by atoms with Crippen molar-refractivity contribution in [1.29, 1.82) is 0 Å². The molecule has 3 heterocycles. The Labute approximate surface area is 174 Å². The molecule has 0 N–H and O–H groups in total. The number of hydrogen-bond donors (Lipinski definition) is 0. The van der Waals surface area contributed by atoms with E-state index >= 15 is 0 Å². The molecule has 8 heteroatoms. The first-order chi connectivity index (χ1) is 14.7. The smallest absolute Gasteiger partial charge is 0.227 e. The van der Waals surface area contributed by atoms with Gasteiger partial charge < -0.3 is 18.9 Å². The highest BCUT2D eigenvalue weighted by molar-refractivity contribution is 5.77. The van der Waals surface area contributed by atoms with E-state index < -0.39 is 0 Å². The Morgan fingerprint density at radius 3 is 2.83 bits per heavy atom. The number of methoxy groups -OCH3 is 2. The minimum atomic E-state index is 0.0315. The van der Waals surface area contributed by atoms with E-state index in [4.69, 9.17) is 14.0 Å². The van der Waals surface area contributed by atoms with Gasteiger partial charge in [0.15, 0.2) is 11.5 Å². The van der Waals surface area contributed by atoms with E-state index in [1.807, 2.05) is 41.3 Å². The molecule has 0 bridgehead atoms. The average Bonchev–Trinajstić information content (AvgIpc) is 3.47. The van der Waals surface area contributed by atoms with E-state index in [0.717, 1.165) is 24.9 Å². The van der Waals surface area contributed by atoms with E-state index in [1.165, 1.54) is 0 Å². The first-order valence-electron chi connectivity index (χ1n) is 9.95. The quantitative estimate of drug-likeness (QED) is 0.591. The third kappa shape index (κ3) is 4.12. The highest BCUT2D eigenvalue weighted by atomic mass is 16.5.